The van der Waals surface area contributed by atoms with E-state index in [0.29, 0.717) is 11.3 Å². The van der Waals surface area contributed by atoms with E-state index in [1.807, 2.05) is 6.07 Å². The number of rotatable bonds is 3. The number of hydrogen-bond donors (Lipinski definition) is 1. The third-order valence-corrected chi connectivity index (χ3v) is 4.40. The first-order valence-electron chi connectivity index (χ1n) is 7.17. The average molecular weight is 272 g/mol. The first kappa shape index (κ1) is 13.2. The summed E-state index contributed by atoms with van der Waals surface area (Å²) in [5.74, 6) is 1.81. The molecule has 0 heterocycles. The number of carbonyl (C=O) groups is 2. The Bertz CT molecular complexity index is 543. The second-order valence-corrected chi connectivity index (χ2v) is 6.19. The summed E-state index contributed by atoms with van der Waals surface area (Å²) in [7, 11) is 3.44. The highest BCUT2D eigenvalue weighted by Crippen LogP contribution is 2.54. The van der Waals surface area contributed by atoms with Crippen molar-refractivity contribution in [1.82, 2.24) is 4.90 Å². The maximum atomic E-state index is 12.2. The maximum Gasteiger partial charge on any atom is 0.253 e. The molecule has 2 atom stereocenters. The Labute approximate surface area is 119 Å². The molecule has 2 amide bonds. The van der Waals surface area contributed by atoms with Gasteiger partial charge in [-0.1, -0.05) is 6.07 Å². The highest BCUT2D eigenvalue weighted by molar-refractivity contribution is 5.97. The smallest absolute Gasteiger partial charge is 0.253 e. The zero-order valence-electron chi connectivity index (χ0n) is 11.9. The van der Waals surface area contributed by atoms with Crippen molar-refractivity contribution in [2.75, 3.05) is 19.4 Å². The van der Waals surface area contributed by atoms with Gasteiger partial charge in [0.25, 0.3) is 5.91 Å². The van der Waals surface area contributed by atoms with Gasteiger partial charge in [-0.05, 0) is 49.3 Å². The van der Waals surface area contributed by atoms with Gasteiger partial charge in [-0.2, -0.15) is 0 Å². The standard InChI is InChI=1S/C16H20N2O2/c1-18(2)16(20)10-4-3-5-14(9-10)17-15(19)13-7-11-6-12(11)8-13/h3-5,9,11-13H,6-8H2,1-2H3,(H,17,19). The lowest BCUT2D eigenvalue weighted by Crippen LogP contribution is -2.23. The van der Waals surface area contributed by atoms with Crippen LogP contribution in [0.4, 0.5) is 5.69 Å². The zero-order valence-corrected chi connectivity index (χ0v) is 11.9. The fraction of sp³-hybridized carbons (Fsp3) is 0.500. The summed E-state index contributed by atoms with van der Waals surface area (Å²) >= 11 is 0. The summed E-state index contributed by atoms with van der Waals surface area (Å²) < 4.78 is 0. The Morgan fingerprint density at radius 2 is 1.85 bits per heavy atom. The Morgan fingerprint density at radius 3 is 2.50 bits per heavy atom. The molecule has 0 bridgehead atoms. The quantitative estimate of drug-likeness (QED) is 0.918. The number of anilines is 1. The molecule has 0 aromatic heterocycles. The van der Waals surface area contributed by atoms with Gasteiger partial charge in [0.1, 0.15) is 0 Å². The Balaban J connectivity index is 1.66. The molecule has 2 unspecified atom stereocenters. The molecule has 4 nitrogen and oxygen atoms in total. The van der Waals surface area contributed by atoms with Crippen LogP contribution >= 0.6 is 0 Å². The fourth-order valence-electron chi connectivity index (χ4n) is 3.16. The van der Waals surface area contributed by atoms with Crippen LogP contribution < -0.4 is 5.32 Å². The predicted octanol–water partition coefficient (Wildman–Crippen LogP) is 2.37. The first-order chi connectivity index (χ1) is 9.54. The number of nitrogens with zero attached hydrogens (tertiary/aromatic N) is 1. The molecule has 0 aliphatic heterocycles. The Hall–Kier alpha value is -1.84. The molecule has 3 rings (SSSR count). The molecule has 2 aliphatic rings. The zero-order chi connectivity index (χ0) is 14.3. The van der Waals surface area contributed by atoms with Crippen LogP contribution in [-0.4, -0.2) is 30.8 Å². The molecule has 0 spiro atoms. The largest absolute Gasteiger partial charge is 0.345 e. The van der Waals surface area contributed by atoms with Gasteiger partial charge in [0.2, 0.25) is 5.91 Å². The summed E-state index contributed by atoms with van der Waals surface area (Å²) in [5, 5.41) is 2.95. The molecule has 4 heteroatoms. The van der Waals surface area contributed by atoms with Crippen LogP contribution in [0.25, 0.3) is 0 Å². The van der Waals surface area contributed by atoms with Crippen molar-refractivity contribution < 1.29 is 9.59 Å². The molecule has 20 heavy (non-hydrogen) atoms. The van der Waals surface area contributed by atoms with E-state index in [0.717, 1.165) is 24.7 Å². The van der Waals surface area contributed by atoms with Gasteiger partial charge in [-0.25, -0.2) is 0 Å². The van der Waals surface area contributed by atoms with E-state index in [-0.39, 0.29) is 17.7 Å². The lowest BCUT2D eigenvalue weighted by molar-refractivity contribution is -0.120. The molecular formula is C16H20N2O2. The number of fused-ring (bicyclic) bond motifs is 1. The SMILES string of the molecule is CN(C)C(=O)c1cccc(NC(=O)C2CC3CC3C2)c1. The molecule has 0 radical (unpaired) electrons. The minimum Gasteiger partial charge on any atom is -0.345 e. The second kappa shape index (κ2) is 4.93. The van der Waals surface area contributed by atoms with Crippen molar-refractivity contribution in [2.24, 2.45) is 17.8 Å². The Kier molecular flexibility index (Phi) is 3.24. The highest BCUT2D eigenvalue weighted by Gasteiger charge is 2.47. The van der Waals surface area contributed by atoms with Gasteiger partial charge in [0.15, 0.2) is 0 Å². The lowest BCUT2D eigenvalue weighted by Gasteiger charge is -2.14. The van der Waals surface area contributed by atoms with Crippen LogP contribution in [0, 0.1) is 17.8 Å². The van der Waals surface area contributed by atoms with E-state index in [1.54, 1.807) is 32.3 Å². The normalized spacial score (nSPS) is 26.8. The number of amides is 2. The Morgan fingerprint density at radius 1 is 1.15 bits per heavy atom. The monoisotopic (exact) mass is 272 g/mol. The van der Waals surface area contributed by atoms with E-state index in [1.165, 1.54) is 11.3 Å². The highest BCUT2D eigenvalue weighted by atomic mass is 16.2. The van der Waals surface area contributed by atoms with E-state index < -0.39 is 0 Å². The summed E-state index contributed by atoms with van der Waals surface area (Å²) in [6.07, 6.45) is 3.39. The molecule has 0 saturated heterocycles. The summed E-state index contributed by atoms with van der Waals surface area (Å²) in [4.78, 5) is 25.6. The van der Waals surface area contributed by atoms with Crippen molar-refractivity contribution >= 4 is 17.5 Å². The topological polar surface area (TPSA) is 49.4 Å². The van der Waals surface area contributed by atoms with E-state index in [2.05, 4.69) is 5.32 Å². The predicted molar refractivity (Wildman–Crippen MR) is 77.4 cm³/mol. The van der Waals surface area contributed by atoms with E-state index in [9.17, 15) is 9.59 Å². The molecule has 1 N–H and O–H groups in total. The third kappa shape index (κ3) is 2.55. The van der Waals surface area contributed by atoms with Crippen molar-refractivity contribution in [3.05, 3.63) is 29.8 Å². The van der Waals surface area contributed by atoms with Crippen LogP contribution in [0.2, 0.25) is 0 Å². The van der Waals surface area contributed by atoms with Crippen LogP contribution in [0.5, 0.6) is 0 Å². The number of carbonyl (C=O) groups excluding carboxylic acids is 2. The van der Waals surface area contributed by atoms with E-state index in [4.69, 9.17) is 0 Å². The fourth-order valence-corrected chi connectivity index (χ4v) is 3.16. The van der Waals surface area contributed by atoms with Gasteiger partial charge >= 0.3 is 0 Å². The van der Waals surface area contributed by atoms with Gasteiger partial charge in [-0.15, -0.1) is 0 Å². The number of benzene rings is 1. The maximum absolute atomic E-state index is 12.2. The van der Waals surface area contributed by atoms with E-state index >= 15 is 0 Å². The van der Waals surface area contributed by atoms with Crippen LogP contribution in [-0.2, 0) is 4.79 Å². The minimum atomic E-state index is -0.0526. The molecule has 106 valence electrons. The third-order valence-electron chi connectivity index (χ3n) is 4.40. The van der Waals surface area contributed by atoms with Gasteiger partial charge in [0, 0.05) is 31.3 Å². The number of hydrogen-bond acceptors (Lipinski definition) is 2. The van der Waals surface area contributed by atoms with Crippen molar-refractivity contribution in [1.29, 1.82) is 0 Å². The van der Waals surface area contributed by atoms with Crippen molar-refractivity contribution in [3.8, 4) is 0 Å². The first-order valence-corrected chi connectivity index (χ1v) is 7.17. The molecule has 1 aromatic carbocycles. The summed E-state index contributed by atoms with van der Waals surface area (Å²) in [6.45, 7) is 0. The van der Waals surface area contributed by atoms with Crippen molar-refractivity contribution in [3.63, 3.8) is 0 Å². The molecule has 1 aromatic rings. The summed E-state index contributed by atoms with van der Waals surface area (Å²) in [5.41, 5.74) is 1.31. The summed E-state index contributed by atoms with van der Waals surface area (Å²) in [6, 6.07) is 7.15. The van der Waals surface area contributed by atoms with Crippen LogP contribution in [0.15, 0.2) is 24.3 Å². The van der Waals surface area contributed by atoms with Crippen LogP contribution in [0.3, 0.4) is 0 Å². The van der Waals surface area contributed by atoms with Crippen LogP contribution in [0.1, 0.15) is 29.6 Å². The molecule has 2 saturated carbocycles. The lowest BCUT2D eigenvalue weighted by atomic mass is 10.0. The van der Waals surface area contributed by atoms with Gasteiger partial charge in [0.05, 0.1) is 0 Å². The molecule has 2 fully saturated rings. The van der Waals surface area contributed by atoms with Crippen molar-refractivity contribution in [2.45, 2.75) is 19.3 Å². The second-order valence-electron chi connectivity index (χ2n) is 6.19. The van der Waals surface area contributed by atoms with Gasteiger partial charge < -0.3 is 10.2 Å². The molecular weight excluding hydrogens is 252 g/mol. The number of nitrogens with one attached hydrogen (secondary N) is 1. The molecule has 2 aliphatic carbocycles. The average Bonchev–Trinajstić information content (AvgIpc) is 3.04. The minimum absolute atomic E-state index is 0.0526. The van der Waals surface area contributed by atoms with Gasteiger partial charge in [-0.3, -0.25) is 9.59 Å².